The number of esters is 5. The van der Waals surface area contributed by atoms with E-state index in [0.29, 0.717) is 0 Å². The van der Waals surface area contributed by atoms with Crippen molar-refractivity contribution in [2.24, 2.45) is 5.11 Å². The zero-order valence-electron chi connectivity index (χ0n) is 19.5. The maximum atomic E-state index is 12.6. The molecular formula is C19H27N3O12. The van der Waals surface area contributed by atoms with E-state index in [1.807, 2.05) is 0 Å². The van der Waals surface area contributed by atoms with Crippen LogP contribution >= 0.6 is 0 Å². The van der Waals surface area contributed by atoms with E-state index in [4.69, 9.17) is 38.7 Å². The molecule has 0 aromatic heterocycles. The number of carbonyl (C=O) groups is 5. The average Bonchev–Trinajstić information content (AvgIpc) is 2.74. The van der Waals surface area contributed by atoms with Gasteiger partial charge < -0.3 is 33.2 Å². The summed E-state index contributed by atoms with van der Waals surface area (Å²) in [6.07, 6.45) is -7.98. The van der Waals surface area contributed by atoms with Crippen LogP contribution in [0.1, 0.15) is 34.1 Å². The van der Waals surface area contributed by atoms with E-state index in [1.54, 1.807) is 0 Å². The van der Waals surface area contributed by atoms with Crippen molar-refractivity contribution in [2.75, 3.05) is 20.8 Å². The van der Waals surface area contributed by atoms with Gasteiger partial charge in [-0.1, -0.05) is 5.11 Å². The molecule has 15 nitrogen and oxygen atoms in total. The van der Waals surface area contributed by atoms with E-state index in [1.165, 1.54) is 0 Å². The minimum atomic E-state index is -2.20. The lowest BCUT2D eigenvalue weighted by atomic mass is 9.89. The predicted octanol–water partition coefficient (Wildman–Crippen LogP) is 0.328. The fraction of sp³-hybridized carbons (Fsp3) is 0.737. The summed E-state index contributed by atoms with van der Waals surface area (Å²) in [6, 6.07) is 0. The molecule has 1 rings (SSSR count). The highest BCUT2D eigenvalue weighted by atomic mass is 16.7. The summed E-state index contributed by atoms with van der Waals surface area (Å²) in [5.41, 5.74) is 8.73. The van der Waals surface area contributed by atoms with Crippen LogP contribution < -0.4 is 0 Å². The predicted molar refractivity (Wildman–Crippen MR) is 107 cm³/mol. The number of rotatable bonds is 10. The topological polar surface area (TPSA) is 199 Å². The first-order valence-electron chi connectivity index (χ1n) is 9.91. The number of hydrogen-bond acceptors (Lipinski definition) is 13. The molecule has 0 aliphatic carbocycles. The number of methoxy groups -OCH3 is 2. The molecule has 1 fully saturated rings. The lowest BCUT2D eigenvalue weighted by Crippen LogP contribution is -2.66. The van der Waals surface area contributed by atoms with Crippen LogP contribution in [-0.4, -0.2) is 86.9 Å². The molecule has 190 valence electrons. The van der Waals surface area contributed by atoms with Crippen molar-refractivity contribution in [1.82, 2.24) is 0 Å². The highest BCUT2D eigenvalue weighted by molar-refractivity contribution is 5.78. The Morgan fingerprint density at radius 3 is 2.03 bits per heavy atom. The van der Waals surface area contributed by atoms with Crippen LogP contribution in [0, 0.1) is 0 Å². The number of carbonyl (C=O) groups excluding carboxylic acids is 5. The van der Waals surface area contributed by atoms with Gasteiger partial charge >= 0.3 is 29.8 Å². The highest BCUT2D eigenvalue weighted by Crippen LogP contribution is 2.37. The number of azide groups is 1. The summed E-state index contributed by atoms with van der Waals surface area (Å²) in [5, 5.41) is 3.35. The van der Waals surface area contributed by atoms with Crippen LogP contribution in [0.2, 0.25) is 0 Å². The Labute approximate surface area is 194 Å². The van der Waals surface area contributed by atoms with Gasteiger partial charge in [-0.2, -0.15) is 0 Å². The van der Waals surface area contributed by atoms with E-state index < -0.39 is 79.1 Å². The van der Waals surface area contributed by atoms with E-state index in [-0.39, 0.29) is 0 Å². The first-order chi connectivity index (χ1) is 15.9. The van der Waals surface area contributed by atoms with Crippen molar-refractivity contribution in [3.8, 4) is 0 Å². The summed E-state index contributed by atoms with van der Waals surface area (Å²) in [7, 11) is 2.16. The van der Waals surface area contributed by atoms with Crippen molar-refractivity contribution in [3.05, 3.63) is 10.4 Å². The van der Waals surface area contributed by atoms with Crippen LogP contribution in [0.4, 0.5) is 0 Å². The van der Waals surface area contributed by atoms with Gasteiger partial charge in [-0.05, 0) is 5.53 Å². The van der Waals surface area contributed by atoms with Gasteiger partial charge in [-0.15, -0.1) is 0 Å². The largest absolute Gasteiger partial charge is 0.465 e. The van der Waals surface area contributed by atoms with Gasteiger partial charge in [0.25, 0.3) is 5.79 Å². The van der Waals surface area contributed by atoms with Gasteiger partial charge in [0.2, 0.25) is 0 Å². The minimum Gasteiger partial charge on any atom is -0.465 e. The minimum absolute atomic E-state index is 0.467. The van der Waals surface area contributed by atoms with Crippen LogP contribution in [0.3, 0.4) is 0 Å². The smallest absolute Gasteiger partial charge is 0.366 e. The molecule has 1 aliphatic heterocycles. The number of nitrogens with zero attached hydrogens (tertiary/aromatic N) is 3. The molecule has 0 N–H and O–H groups in total. The van der Waals surface area contributed by atoms with Gasteiger partial charge in [0.1, 0.15) is 18.3 Å². The summed E-state index contributed by atoms with van der Waals surface area (Å²) < 4.78 is 36.9. The molecule has 1 heterocycles. The van der Waals surface area contributed by atoms with E-state index in [2.05, 4.69) is 10.0 Å². The fourth-order valence-corrected chi connectivity index (χ4v) is 3.42. The van der Waals surface area contributed by atoms with Crippen LogP contribution in [-0.2, 0) is 57.1 Å². The lowest BCUT2D eigenvalue weighted by Gasteiger charge is -2.47. The van der Waals surface area contributed by atoms with Crippen molar-refractivity contribution in [3.63, 3.8) is 0 Å². The monoisotopic (exact) mass is 489 g/mol. The lowest BCUT2D eigenvalue weighted by molar-refractivity contribution is -0.323. The SMILES string of the molecule is COC(=O)[C@@]1(OC)C[C@H](OC(C)=O)[C@@H](OC(C)=O)[C@H]([C@H](OC(C)=O)[C@@H](CN=[N+]=[N-])OC(C)=O)O1. The highest BCUT2D eigenvalue weighted by Gasteiger charge is 2.59. The molecule has 1 saturated heterocycles. The van der Waals surface area contributed by atoms with Gasteiger partial charge in [0.05, 0.1) is 20.1 Å². The van der Waals surface area contributed by atoms with E-state index in [9.17, 15) is 24.0 Å². The zero-order chi connectivity index (χ0) is 26.1. The van der Waals surface area contributed by atoms with Crippen LogP contribution in [0.5, 0.6) is 0 Å². The third kappa shape index (κ3) is 7.57. The van der Waals surface area contributed by atoms with Crippen molar-refractivity contribution in [1.29, 1.82) is 0 Å². The van der Waals surface area contributed by atoms with Crippen molar-refractivity contribution >= 4 is 29.8 Å². The van der Waals surface area contributed by atoms with Gasteiger partial charge in [-0.25, -0.2) is 4.79 Å². The molecule has 0 aromatic rings. The molecule has 1 aliphatic rings. The Balaban J connectivity index is 3.73. The summed E-state index contributed by atoms with van der Waals surface area (Å²) in [5.74, 6) is -6.60. The normalized spacial score (nSPS) is 25.5. The standard InChI is InChI=1S/C19H27N3O12/c1-9(23)30-13-7-19(29-6,18(27)28-5)34-17(15(13)32-11(3)25)16(33-12(4)26)14(8-21-22-20)31-10(2)24/h13-17H,7-8H2,1-6H3/t13-,14+,15+,16+,17+,19+/m0/s1. The van der Waals surface area contributed by atoms with Crippen molar-refractivity contribution in [2.45, 2.75) is 70.4 Å². The Morgan fingerprint density at radius 2 is 1.59 bits per heavy atom. The van der Waals surface area contributed by atoms with Gasteiger partial charge in [-0.3, -0.25) is 19.2 Å². The third-order valence-electron chi connectivity index (χ3n) is 4.57. The quantitative estimate of drug-likeness (QED) is 0.134. The second-order valence-corrected chi connectivity index (χ2v) is 7.09. The zero-order valence-corrected chi connectivity index (χ0v) is 19.5. The Bertz CT molecular complexity index is 838. The second-order valence-electron chi connectivity index (χ2n) is 7.09. The fourth-order valence-electron chi connectivity index (χ4n) is 3.42. The molecule has 0 amide bonds. The van der Waals surface area contributed by atoms with E-state index >= 15 is 0 Å². The van der Waals surface area contributed by atoms with E-state index in [0.717, 1.165) is 41.9 Å². The first kappa shape index (κ1) is 28.6. The second kappa shape index (κ2) is 12.7. The molecule has 0 spiro atoms. The molecule has 34 heavy (non-hydrogen) atoms. The Morgan fingerprint density at radius 1 is 1.00 bits per heavy atom. The number of ether oxygens (including phenoxy) is 7. The summed E-state index contributed by atoms with van der Waals surface area (Å²) >= 11 is 0. The van der Waals surface area contributed by atoms with Crippen LogP contribution in [0.15, 0.2) is 5.11 Å². The Hall–Kier alpha value is -3.42. The Kier molecular flexibility index (Phi) is 10.7. The molecule has 15 heteroatoms. The van der Waals surface area contributed by atoms with Crippen molar-refractivity contribution < 1.29 is 57.1 Å². The third-order valence-corrected chi connectivity index (χ3v) is 4.57. The summed E-state index contributed by atoms with van der Waals surface area (Å²) in [4.78, 5) is 62.5. The molecule has 0 unspecified atom stereocenters. The maximum absolute atomic E-state index is 12.6. The van der Waals surface area contributed by atoms with Crippen LogP contribution in [0.25, 0.3) is 10.4 Å². The molecule has 0 radical (unpaired) electrons. The first-order valence-corrected chi connectivity index (χ1v) is 9.91. The molecule has 6 atom stereocenters. The number of hydrogen-bond donors (Lipinski definition) is 0. The molecule has 0 saturated carbocycles. The molecule has 0 aromatic carbocycles. The maximum Gasteiger partial charge on any atom is 0.366 e. The molecule has 0 bridgehead atoms. The van der Waals surface area contributed by atoms with Gasteiger partial charge in [0.15, 0.2) is 12.2 Å². The molecular weight excluding hydrogens is 462 g/mol. The van der Waals surface area contributed by atoms with Gasteiger partial charge in [0, 0.05) is 39.7 Å². The average molecular weight is 489 g/mol. The summed E-state index contributed by atoms with van der Waals surface area (Å²) in [6.45, 7) is 3.69.